The molecule has 4 nitrogen and oxygen atoms in total. The fraction of sp³-hybridized carbons (Fsp3) is 0.867. The molecule has 0 spiro atoms. The molecule has 0 bridgehead atoms. The minimum atomic E-state index is -0.454. The average Bonchev–Trinajstić information content (AvgIpc) is 3.11. The van der Waals surface area contributed by atoms with Gasteiger partial charge in [0.15, 0.2) is 0 Å². The molecule has 0 N–H and O–H groups in total. The van der Waals surface area contributed by atoms with E-state index in [9.17, 15) is 9.59 Å². The van der Waals surface area contributed by atoms with Gasteiger partial charge in [0.2, 0.25) is 0 Å². The number of amides is 1. The monoisotopic (exact) mass is 267 g/mol. The van der Waals surface area contributed by atoms with Gasteiger partial charge in [-0.1, -0.05) is 12.8 Å². The van der Waals surface area contributed by atoms with Gasteiger partial charge in [-0.3, -0.25) is 0 Å². The second-order valence-electron chi connectivity index (χ2n) is 7.10. The number of piperidine rings is 1. The first-order valence-electron chi connectivity index (χ1n) is 7.28. The number of carbonyl (C=O) groups is 2. The van der Waals surface area contributed by atoms with Crippen LogP contribution < -0.4 is 0 Å². The van der Waals surface area contributed by atoms with Crippen molar-refractivity contribution in [2.75, 3.05) is 13.1 Å². The molecular formula is C15H25NO3. The lowest BCUT2D eigenvalue weighted by molar-refractivity contribution is -0.119. The molecule has 1 heterocycles. The van der Waals surface area contributed by atoms with Crippen molar-refractivity contribution < 1.29 is 14.3 Å². The van der Waals surface area contributed by atoms with E-state index in [-0.39, 0.29) is 11.5 Å². The third-order valence-electron chi connectivity index (χ3n) is 4.05. The summed E-state index contributed by atoms with van der Waals surface area (Å²) in [6.45, 7) is 6.90. The molecule has 1 saturated carbocycles. The minimum absolute atomic E-state index is 0.181. The van der Waals surface area contributed by atoms with Crippen LogP contribution in [0.1, 0.15) is 52.9 Å². The number of carbonyl (C=O) groups excluding carboxylic acids is 2. The van der Waals surface area contributed by atoms with Gasteiger partial charge in [0.05, 0.1) is 0 Å². The van der Waals surface area contributed by atoms with E-state index in [0.29, 0.717) is 13.1 Å². The van der Waals surface area contributed by atoms with Crippen molar-refractivity contribution >= 4 is 12.4 Å². The largest absolute Gasteiger partial charge is 0.444 e. The highest BCUT2D eigenvalue weighted by Gasteiger charge is 2.40. The topological polar surface area (TPSA) is 46.6 Å². The molecule has 1 aliphatic carbocycles. The second kappa shape index (κ2) is 5.14. The molecule has 0 atom stereocenters. The third kappa shape index (κ3) is 3.95. The van der Waals surface area contributed by atoms with Crippen LogP contribution in [0.15, 0.2) is 0 Å². The smallest absolute Gasteiger partial charge is 0.410 e. The van der Waals surface area contributed by atoms with Gasteiger partial charge < -0.3 is 14.4 Å². The van der Waals surface area contributed by atoms with Gasteiger partial charge in [-0.15, -0.1) is 0 Å². The summed E-state index contributed by atoms with van der Waals surface area (Å²) < 4.78 is 5.37. The van der Waals surface area contributed by atoms with Crippen molar-refractivity contribution in [1.82, 2.24) is 4.90 Å². The SMILES string of the molecule is CC(C)(C)OC(=O)N1CCC(C=O)(CC2CC2)CC1. The zero-order valence-electron chi connectivity index (χ0n) is 12.3. The van der Waals surface area contributed by atoms with Crippen LogP contribution >= 0.6 is 0 Å². The van der Waals surface area contributed by atoms with Gasteiger partial charge in [-0.25, -0.2) is 4.79 Å². The fourth-order valence-corrected chi connectivity index (χ4v) is 2.73. The Labute approximate surface area is 115 Å². The summed E-state index contributed by atoms with van der Waals surface area (Å²) in [6.07, 6.45) is 6.00. The maximum absolute atomic E-state index is 12.0. The predicted octanol–water partition coefficient (Wildman–Crippen LogP) is 3.00. The number of hydrogen-bond acceptors (Lipinski definition) is 3. The number of hydrogen-bond donors (Lipinski definition) is 0. The van der Waals surface area contributed by atoms with E-state index in [1.165, 1.54) is 12.8 Å². The Kier molecular flexibility index (Phi) is 3.88. The van der Waals surface area contributed by atoms with Crippen molar-refractivity contribution in [2.45, 2.75) is 58.5 Å². The zero-order chi connectivity index (χ0) is 14.1. The molecule has 2 aliphatic rings. The van der Waals surface area contributed by atoms with Gasteiger partial charge in [0.25, 0.3) is 0 Å². The predicted molar refractivity (Wildman–Crippen MR) is 72.9 cm³/mol. The Morgan fingerprint density at radius 2 is 1.89 bits per heavy atom. The summed E-state index contributed by atoms with van der Waals surface area (Å²) >= 11 is 0. The zero-order valence-corrected chi connectivity index (χ0v) is 12.3. The van der Waals surface area contributed by atoms with Crippen LogP contribution in [0.5, 0.6) is 0 Å². The summed E-state index contributed by atoms with van der Waals surface area (Å²) in [6, 6.07) is 0. The summed E-state index contributed by atoms with van der Waals surface area (Å²) in [5.74, 6) is 0.748. The molecule has 0 aromatic heterocycles. The lowest BCUT2D eigenvalue weighted by atomic mass is 9.75. The molecule has 1 aliphatic heterocycles. The molecule has 0 aromatic carbocycles. The van der Waals surface area contributed by atoms with Crippen molar-refractivity contribution in [3.63, 3.8) is 0 Å². The minimum Gasteiger partial charge on any atom is -0.444 e. The van der Waals surface area contributed by atoms with E-state index >= 15 is 0 Å². The van der Waals surface area contributed by atoms with Crippen molar-refractivity contribution in [1.29, 1.82) is 0 Å². The van der Waals surface area contributed by atoms with Crippen molar-refractivity contribution in [3.8, 4) is 0 Å². The highest BCUT2D eigenvalue weighted by atomic mass is 16.6. The van der Waals surface area contributed by atoms with E-state index in [0.717, 1.165) is 31.5 Å². The summed E-state index contributed by atoms with van der Waals surface area (Å²) in [5, 5.41) is 0. The Bertz CT molecular complexity index is 347. The van der Waals surface area contributed by atoms with Crippen molar-refractivity contribution in [2.24, 2.45) is 11.3 Å². The molecule has 2 fully saturated rings. The van der Waals surface area contributed by atoms with Crippen LogP contribution in [0.25, 0.3) is 0 Å². The molecule has 2 rings (SSSR count). The lowest BCUT2D eigenvalue weighted by Gasteiger charge is -2.38. The normalized spacial score (nSPS) is 23.0. The maximum atomic E-state index is 12.0. The molecule has 0 unspecified atom stereocenters. The van der Waals surface area contributed by atoms with Crippen LogP contribution in [0.3, 0.4) is 0 Å². The quantitative estimate of drug-likeness (QED) is 0.738. The highest BCUT2D eigenvalue weighted by molar-refractivity contribution is 5.69. The van der Waals surface area contributed by atoms with Gasteiger partial charge in [-0.2, -0.15) is 0 Å². The first kappa shape index (κ1) is 14.4. The molecule has 1 saturated heterocycles. The summed E-state index contributed by atoms with van der Waals surface area (Å²) in [7, 11) is 0. The van der Waals surface area contributed by atoms with Crippen LogP contribution in [0.4, 0.5) is 4.79 Å². The fourth-order valence-electron chi connectivity index (χ4n) is 2.73. The summed E-state index contributed by atoms with van der Waals surface area (Å²) in [5.41, 5.74) is -0.635. The number of likely N-dealkylation sites (tertiary alicyclic amines) is 1. The van der Waals surface area contributed by atoms with Crippen LogP contribution in [-0.2, 0) is 9.53 Å². The molecular weight excluding hydrogens is 242 g/mol. The molecule has 1 amide bonds. The number of aldehydes is 1. The maximum Gasteiger partial charge on any atom is 0.410 e. The van der Waals surface area contributed by atoms with Gasteiger partial charge in [-0.05, 0) is 46.0 Å². The second-order valence-corrected chi connectivity index (χ2v) is 7.10. The molecule has 19 heavy (non-hydrogen) atoms. The van der Waals surface area contributed by atoms with E-state index in [1.807, 2.05) is 20.8 Å². The first-order valence-corrected chi connectivity index (χ1v) is 7.28. The van der Waals surface area contributed by atoms with E-state index in [2.05, 4.69) is 0 Å². The van der Waals surface area contributed by atoms with Crippen LogP contribution in [-0.4, -0.2) is 36.0 Å². The van der Waals surface area contributed by atoms with Crippen LogP contribution in [0, 0.1) is 11.3 Å². The molecule has 0 radical (unpaired) electrons. The Balaban J connectivity index is 1.86. The molecule has 0 aromatic rings. The number of ether oxygens (including phenoxy) is 1. The average molecular weight is 267 g/mol. The number of nitrogens with zero attached hydrogens (tertiary/aromatic N) is 1. The number of rotatable bonds is 3. The van der Waals surface area contributed by atoms with Gasteiger partial charge >= 0.3 is 6.09 Å². The van der Waals surface area contributed by atoms with Gasteiger partial charge in [0, 0.05) is 18.5 Å². The molecule has 108 valence electrons. The Hall–Kier alpha value is -1.06. The van der Waals surface area contributed by atoms with Crippen molar-refractivity contribution in [3.05, 3.63) is 0 Å². The standard InChI is InChI=1S/C15H25NO3/c1-14(2,3)19-13(18)16-8-6-15(11-17,7-9-16)10-12-4-5-12/h11-12H,4-10H2,1-3H3. The van der Waals surface area contributed by atoms with Crippen LogP contribution in [0.2, 0.25) is 0 Å². The lowest BCUT2D eigenvalue weighted by Crippen LogP contribution is -2.45. The summed E-state index contributed by atoms with van der Waals surface area (Å²) in [4.78, 5) is 25.1. The van der Waals surface area contributed by atoms with E-state index < -0.39 is 5.60 Å². The third-order valence-corrected chi connectivity index (χ3v) is 4.05. The Morgan fingerprint density at radius 1 is 1.32 bits per heavy atom. The van der Waals surface area contributed by atoms with Gasteiger partial charge in [0.1, 0.15) is 11.9 Å². The highest BCUT2D eigenvalue weighted by Crippen LogP contribution is 2.44. The first-order chi connectivity index (χ1) is 8.84. The van der Waals surface area contributed by atoms with E-state index in [4.69, 9.17) is 4.74 Å². The molecule has 4 heteroatoms. The Morgan fingerprint density at radius 3 is 2.32 bits per heavy atom. The van der Waals surface area contributed by atoms with E-state index in [1.54, 1.807) is 4.90 Å².